The van der Waals surface area contributed by atoms with Gasteiger partial charge in [0.1, 0.15) is 5.39 Å². The third-order valence-electron chi connectivity index (χ3n) is 4.20. The number of thiazole rings is 1. The zero-order valence-electron chi connectivity index (χ0n) is 13.9. The van der Waals surface area contributed by atoms with Crippen molar-refractivity contribution in [3.8, 4) is 0 Å². The summed E-state index contributed by atoms with van der Waals surface area (Å²) in [6.07, 6.45) is 1.57. The first-order valence-electron chi connectivity index (χ1n) is 7.65. The van der Waals surface area contributed by atoms with Crippen molar-refractivity contribution in [1.82, 2.24) is 19.1 Å². The quantitative estimate of drug-likeness (QED) is 0.598. The van der Waals surface area contributed by atoms with Gasteiger partial charge in [0.2, 0.25) is 0 Å². The minimum Gasteiger partial charge on any atom is -0.331 e. The Labute approximate surface area is 146 Å². The molecule has 0 unspecified atom stereocenters. The van der Waals surface area contributed by atoms with Gasteiger partial charge in [-0.2, -0.15) is 0 Å². The van der Waals surface area contributed by atoms with Gasteiger partial charge >= 0.3 is 5.69 Å². The molecule has 4 rings (SSSR count). The number of para-hydroxylation sites is 1. The lowest BCUT2D eigenvalue weighted by Crippen LogP contribution is -2.37. The van der Waals surface area contributed by atoms with E-state index in [0.29, 0.717) is 21.9 Å². The summed E-state index contributed by atoms with van der Waals surface area (Å²) >= 11 is 1.51. The Morgan fingerprint density at radius 2 is 1.92 bits per heavy atom. The first-order valence-corrected chi connectivity index (χ1v) is 8.47. The smallest absolute Gasteiger partial charge is 0.331 e. The van der Waals surface area contributed by atoms with Crippen LogP contribution in [0.2, 0.25) is 0 Å². The van der Waals surface area contributed by atoms with Gasteiger partial charge in [0.25, 0.3) is 5.56 Å². The van der Waals surface area contributed by atoms with Crippen LogP contribution in [0.15, 0.2) is 40.1 Å². The molecule has 0 amide bonds. The standard InChI is InChI=1S/C17H15N5O2S/c1-9-5-4-6-11-13(9)20-16(25-11)19-10-7-8-18-14-12(10)15(23)22(3)17(24)21(14)2/h4-8H,1-3H3,(H,18,19,20). The first-order chi connectivity index (χ1) is 12.0. The molecule has 8 heteroatoms. The summed E-state index contributed by atoms with van der Waals surface area (Å²) in [5.41, 5.74) is 2.17. The molecule has 25 heavy (non-hydrogen) atoms. The molecule has 0 aliphatic heterocycles. The van der Waals surface area contributed by atoms with E-state index in [0.717, 1.165) is 20.3 Å². The Hall–Kier alpha value is -3.00. The average Bonchev–Trinajstić information content (AvgIpc) is 3.02. The van der Waals surface area contributed by atoms with E-state index in [9.17, 15) is 9.59 Å². The van der Waals surface area contributed by atoms with Crippen LogP contribution in [0, 0.1) is 6.92 Å². The number of benzene rings is 1. The van der Waals surface area contributed by atoms with Gasteiger partial charge in [-0.3, -0.25) is 13.9 Å². The number of nitrogens with zero attached hydrogens (tertiary/aromatic N) is 4. The molecule has 0 bridgehead atoms. The topological polar surface area (TPSA) is 81.8 Å². The summed E-state index contributed by atoms with van der Waals surface area (Å²) < 4.78 is 3.52. The SMILES string of the molecule is Cc1cccc2sc(Nc3ccnc4c3c(=O)n(C)c(=O)n4C)nc12. The number of rotatable bonds is 2. The maximum atomic E-state index is 12.6. The van der Waals surface area contributed by atoms with Crippen molar-refractivity contribution in [2.75, 3.05) is 5.32 Å². The fourth-order valence-electron chi connectivity index (χ4n) is 2.85. The Kier molecular flexibility index (Phi) is 3.43. The van der Waals surface area contributed by atoms with E-state index >= 15 is 0 Å². The van der Waals surface area contributed by atoms with E-state index < -0.39 is 5.69 Å². The van der Waals surface area contributed by atoms with Crippen LogP contribution in [0.4, 0.5) is 10.8 Å². The van der Waals surface area contributed by atoms with Crippen LogP contribution in [-0.4, -0.2) is 19.1 Å². The van der Waals surface area contributed by atoms with Crippen LogP contribution in [0.25, 0.3) is 21.3 Å². The number of hydrogen-bond acceptors (Lipinski definition) is 6. The van der Waals surface area contributed by atoms with Crippen molar-refractivity contribution in [1.29, 1.82) is 0 Å². The minimum atomic E-state index is -0.405. The van der Waals surface area contributed by atoms with Crippen LogP contribution in [0.5, 0.6) is 0 Å². The molecule has 0 atom stereocenters. The molecule has 1 N–H and O–H groups in total. The Morgan fingerprint density at radius 1 is 1.12 bits per heavy atom. The lowest BCUT2D eigenvalue weighted by molar-refractivity contribution is 0.708. The minimum absolute atomic E-state index is 0.343. The van der Waals surface area contributed by atoms with Crippen LogP contribution in [0.1, 0.15) is 5.56 Å². The number of hydrogen-bond donors (Lipinski definition) is 1. The van der Waals surface area contributed by atoms with Gasteiger partial charge in [-0.15, -0.1) is 0 Å². The van der Waals surface area contributed by atoms with Crippen molar-refractivity contribution in [2.24, 2.45) is 14.1 Å². The van der Waals surface area contributed by atoms with Gasteiger partial charge < -0.3 is 5.32 Å². The van der Waals surface area contributed by atoms with Gasteiger partial charge in [-0.1, -0.05) is 23.5 Å². The normalized spacial score (nSPS) is 11.3. The molecular formula is C17H15N5O2S. The average molecular weight is 353 g/mol. The van der Waals surface area contributed by atoms with Gasteiger partial charge in [0, 0.05) is 20.3 Å². The number of fused-ring (bicyclic) bond motifs is 2. The van der Waals surface area contributed by atoms with Gasteiger partial charge in [0.05, 0.1) is 15.9 Å². The van der Waals surface area contributed by atoms with E-state index in [1.165, 1.54) is 23.0 Å². The summed E-state index contributed by atoms with van der Waals surface area (Å²) in [4.78, 5) is 33.5. The molecule has 0 spiro atoms. The van der Waals surface area contributed by atoms with E-state index in [1.807, 2.05) is 25.1 Å². The molecule has 0 aliphatic carbocycles. The summed E-state index contributed by atoms with van der Waals surface area (Å²) in [7, 11) is 3.06. The maximum absolute atomic E-state index is 12.6. The highest BCUT2D eigenvalue weighted by Crippen LogP contribution is 2.31. The number of nitrogens with one attached hydrogen (secondary N) is 1. The van der Waals surface area contributed by atoms with Crippen LogP contribution in [-0.2, 0) is 14.1 Å². The second-order valence-corrected chi connectivity index (χ2v) is 6.86. The molecule has 3 aromatic heterocycles. The summed E-state index contributed by atoms with van der Waals surface area (Å²) in [5, 5.41) is 4.27. The van der Waals surface area contributed by atoms with Crippen molar-refractivity contribution >= 4 is 43.4 Å². The van der Waals surface area contributed by atoms with Gasteiger partial charge in [-0.25, -0.2) is 14.8 Å². The number of anilines is 2. The van der Waals surface area contributed by atoms with Crippen molar-refractivity contribution in [3.63, 3.8) is 0 Å². The van der Waals surface area contributed by atoms with Crippen molar-refractivity contribution in [2.45, 2.75) is 6.92 Å². The maximum Gasteiger partial charge on any atom is 0.332 e. The van der Waals surface area contributed by atoms with Gasteiger partial charge in [0.15, 0.2) is 10.8 Å². The zero-order chi connectivity index (χ0) is 17.7. The second kappa shape index (κ2) is 5.52. The Balaban J connectivity index is 1.93. The summed E-state index contributed by atoms with van der Waals surface area (Å²) in [6.45, 7) is 2.01. The van der Waals surface area contributed by atoms with E-state index in [-0.39, 0.29) is 5.56 Å². The number of aromatic nitrogens is 4. The fourth-order valence-corrected chi connectivity index (χ4v) is 3.80. The monoisotopic (exact) mass is 353 g/mol. The molecular weight excluding hydrogens is 338 g/mol. The Morgan fingerprint density at radius 3 is 2.68 bits per heavy atom. The molecule has 0 aliphatic rings. The fraction of sp³-hybridized carbons (Fsp3) is 0.176. The number of aryl methyl sites for hydroxylation is 2. The highest BCUT2D eigenvalue weighted by Gasteiger charge is 2.15. The van der Waals surface area contributed by atoms with Crippen molar-refractivity contribution in [3.05, 3.63) is 56.9 Å². The zero-order valence-corrected chi connectivity index (χ0v) is 14.7. The molecule has 4 aromatic rings. The van der Waals surface area contributed by atoms with Crippen LogP contribution >= 0.6 is 11.3 Å². The highest BCUT2D eigenvalue weighted by molar-refractivity contribution is 7.22. The highest BCUT2D eigenvalue weighted by atomic mass is 32.1. The van der Waals surface area contributed by atoms with E-state index in [1.54, 1.807) is 19.3 Å². The third kappa shape index (κ3) is 2.33. The molecule has 126 valence electrons. The molecule has 0 fully saturated rings. The molecule has 1 aromatic carbocycles. The lowest BCUT2D eigenvalue weighted by Gasteiger charge is -2.10. The predicted octanol–water partition coefficient (Wildman–Crippen LogP) is 2.29. The lowest BCUT2D eigenvalue weighted by atomic mass is 10.2. The molecule has 0 radical (unpaired) electrons. The van der Waals surface area contributed by atoms with E-state index in [2.05, 4.69) is 15.3 Å². The summed E-state index contributed by atoms with van der Waals surface area (Å²) in [5.74, 6) is 0. The predicted molar refractivity (Wildman–Crippen MR) is 99.9 cm³/mol. The largest absolute Gasteiger partial charge is 0.332 e. The molecule has 3 heterocycles. The van der Waals surface area contributed by atoms with Crippen LogP contribution < -0.4 is 16.6 Å². The number of pyridine rings is 1. The second-order valence-electron chi connectivity index (χ2n) is 5.83. The van der Waals surface area contributed by atoms with Crippen LogP contribution in [0.3, 0.4) is 0 Å². The molecule has 0 saturated carbocycles. The summed E-state index contributed by atoms with van der Waals surface area (Å²) in [6, 6.07) is 7.73. The Bertz CT molecular complexity index is 1250. The third-order valence-corrected chi connectivity index (χ3v) is 5.14. The van der Waals surface area contributed by atoms with Crippen molar-refractivity contribution < 1.29 is 0 Å². The molecule has 7 nitrogen and oxygen atoms in total. The van der Waals surface area contributed by atoms with E-state index in [4.69, 9.17) is 0 Å². The van der Waals surface area contributed by atoms with Gasteiger partial charge in [-0.05, 0) is 24.6 Å². The first kappa shape index (κ1) is 15.5. The molecule has 0 saturated heterocycles.